The van der Waals surface area contributed by atoms with Crippen molar-refractivity contribution >= 4 is 11.7 Å². The minimum atomic E-state index is -4.45. The number of aromatic nitrogens is 1. The quantitative estimate of drug-likeness (QED) is 0.203. The normalized spacial score (nSPS) is 36.3. The molecule has 0 radical (unpaired) electrons. The Morgan fingerprint density at radius 1 is 1.28 bits per heavy atom. The van der Waals surface area contributed by atoms with Gasteiger partial charge in [-0.15, -0.1) is 0 Å². The number of alkyl halides is 3. The molecule has 1 aromatic rings. The number of pyridine rings is 1. The summed E-state index contributed by atoms with van der Waals surface area (Å²) in [4.78, 5) is 10.4. The molecule has 1 saturated heterocycles. The third kappa shape index (κ3) is 3.95. The van der Waals surface area contributed by atoms with E-state index < -0.39 is 17.2 Å². The molecule has 8 nitrogen and oxygen atoms in total. The Labute approximate surface area is 208 Å². The minimum Gasteiger partial charge on any atom is -0.477 e. The van der Waals surface area contributed by atoms with E-state index >= 15 is 0 Å². The molecule has 0 aromatic carbocycles. The first-order chi connectivity index (χ1) is 17.0. The van der Waals surface area contributed by atoms with E-state index in [2.05, 4.69) is 20.0 Å². The molecular weight excluding hydrogens is 473 g/mol. The zero-order valence-corrected chi connectivity index (χ0v) is 20.4. The van der Waals surface area contributed by atoms with Crippen LogP contribution >= 0.6 is 0 Å². The van der Waals surface area contributed by atoms with Gasteiger partial charge in [0, 0.05) is 41.6 Å². The molecule has 0 amide bonds. The lowest BCUT2D eigenvalue weighted by atomic mass is 9.47. The Morgan fingerprint density at radius 3 is 2.53 bits per heavy atom. The third-order valence-corrected chi connectivity index (χ3v) is 9.17. The molecule has 5 fully saturated rings. The zero-order valence-electron chi connectivity index (χ0n) is 20.4. The number of ether oxygens (including phenoxy) is 1. The molecule has 11 heteroatoms. The maximum atomic E-state index is 12.8. The van der Waals surface area contributed by atoms with Gasteiger partial charge in [-0.25, -0.2) is 4.98 Å². The fourth-order valence-electron chi connectivity index (χ4n) is 7.63. The number of nitriles is 1. The average molecular weight is 505 g/mol. The van der Waals surface area contributed by atoms with Crippen molar-refractivity contribution in [2.75, 3.05) is 13.2 Å². The summed E-state index contributed by atoms with van der Waals surface area (Å²) in [6.45, 7) is 4.94. The number of rotatable bonds is 5. The summed E-state index contributed by atoms with van der Waals surface area (Å²) in [6, 6.07) is 2.40. The first-order valence-corrected chi connectivity index (χ1v) is 12.4. The molecule has 4 saturated carbocycles. The van der Waals surface area contributed by atoms with Crippen LogP contribution in [0.2, 0.25) is 0 Å². The van der Waals surface area contributed by atoms with Crippen molar-refractivity contribution in [1.29, 1.82) is 5.26 Å². The molecule has 4 bridgehead atoms. The van der Waals surface area contributed by atoms with Gasteiger partial charge in [-0.2, -0.15) is 23.4 Å². The predicted molar refractivity (Wildman–Crippen MR) is 125 cm³/mol. The van der Waals surface area contributed by atoms with E-state index in [4.69, 9.17) is 10.5 Å². The van der Waals surface area contributed by atoms with Crippen LogP contribution in [0.25, 0.3) is 0 Å². The number of halogens is 3. The summed E-state index contributed by atoms with van der Waals surface area (Å²) in [6.07, 6.45) is 3.13. The van der Waals surface area contributed by atoms with E-state index in [1.54, 1.807) is 0 Å². The van der Waals surface area contributed by atoms with Crippen LogP contribution in [0.4, 0.5) is 13.2 Å². The number of hydrogen-bond acceptors (Lipinski definition) is 6. The van der Waals surface area contributed by atoms with E-state index in [0.29, 0.717) is 30.1 Å². The number of amidine groups is 2. The fourth-order valence-corrected chi connectivity index (χ4v) is 7.63. The molecule has 4 aliphatic carbocycles. The number of likely N-dealkylation sites (tertiary alicyclic amines) is 1. The molecule has 2 heterocycles. The smallest absolute Gasteiger partial charge is 0.417 e. The molecule has 1 aliphatic heterocycles. The lowest BCUT2D eigenvalue weighted by molar-refractivity contribution is -0.137. The van der Waals surface area contributed by atoms with Crippen molar-refractivity contribution in [1.82, 2.24) is 9.88 Å². The summed E-state index contributed by atoms with van der Waals surface area (Å²) >= 11 is 0. The van der Waals surface area contributed by atoms with E-state index in [1.807, 2.05) is 20.0 Å². The zero-order chi connectivity index (χ0) is 25.9. The van der Waals surface area contributed by atoms with Gasteiger partial charge in [-0.3, -0.25) is 0 Å². The van der Waals surface area contributed by atoms with Crippen LogP contribution in [0.1, 0.15) is 51.5 Å². The highest BCUT2D eigenvalue weighted by atomic mass is 19.4. The highest BCUT2D eigenvalue weighted by Crippen LogP contribution is 2.62. The average Bonchev–Trinajstić information content (AvgIpc) is 3.06. The summed E-state index contributed by atoms with van der Waals surface area (Å²) in [5.41, 5.74) is 4.63. The summed E-state index contributed by atoms with van der Waals surface area (Å²) < 4.78 is 44.4. The molecule has 3 unspecified atom stereocenters. The SMILES string of the molecule is CC1(C)C(=NC#N)N(C2C3CC4CC2CC(C(N)=NO)(C4)C3)CC1COc1ccc(C(F)(F)F)cn1. The van der Waals surface area contributed by atoms with Gasteiger partial charge in [-0.1, -0.05) is 19.0 Å². The Hall–Kier alpha value is -3.03. The van der Waals surface area contributed by atoms with Gasteiger partial charge in [0.2, 0.25) is 12.1 Å². The summed E-state index contributed by atoms with van der Waals surface area (Å²) in [5, 5.41) is 22.3. The number of oxime groups is 1. The van der Waals surface area contributed by atoms with Crippen molar-refractivity contribution in [3.8, 4) is 12.1 Å². The van der Waals surface area contributed by atoms with Crippen molar-refractivity contribution in [2.45, 2.75) is 58.2 Å². The van der Waals surface area contributed by atoms with E-state index in [9.17, 15) is 23.6 Å². The molecule has 3 N–H and O–H groups in total. The topological polar surface area (TPSA) is 120 Å². The molecular formula is C25H31F3N6O2. The van der Waals surface area contributed by atoms with Crippen LogP contribution in [-0.2, 0) is 6.18 Å². The third-order valence-electron chi connectivity index (χ3n) is 9.17. The van der Waals surface area contributed by atoms with Gasteiger partial charge in [0.15, 0.2) is 0 Å². The van der Waals surface area contributed by atoms with Gasteiger partial charge in [0.05, 0.1) is 12.2 Å². The first kappa shape index (κ1) is 24.7. The number of hydrogen-bond donors (Lipinski definition) is 2. The van der Waals surface area contributed by atoms with Crippen molar-refractivity contribution in [3.05, 3.63) is 23.9 Å². The Bertz CT molecular complexity index is 1090. The molecule has 6 rings (SSSR count). The predicted octanol–water partition coefficient (Wildman–Crippen LogP) is 4.26. The molecule has 5 aliphatic rings. The van der Waals surface area contributed by atoms with E-state index in [0.717, 1.165) is 50.2 Å². The van der Waals surface area contributed by atoms with Gasteiger partial charge in [0.25, 0.3) is 0 Å². The Kier molecular flexibility index (Phi) is 5.84. The molecule has 36 heavy (non-hydrogen) atoms. The lowest BCUT2D eigenvalue weighted by Crippen LogP contribution is -2.62. The fraction of sp³-hybridized carbons (Fsp3) is 0.680. The number of aliphatic imine (C=N–C) groups is 1. The van der Waals surface area contributed by atoms with E-state index in [1.165, 1.54) is 6.07 Å². The minimum absolute atomic E-state index is 0.0380. The van der Waals surface area contributed by atoms with Crippen LogP contribution in [0.3, 0.4) is 0 Å². The highest BCUT2D eigenvalue weighted by molar-refractivity contribution is 5.91. The van der Waals surface area contributed by atoms with Gasteiger partial charge in [-0.05, 0) is 55.9 Å². The second-order valence-corrected chi connectivity index (χ2v) is 11.5. The second-order valence-electron chi connectivity index (χ2n) is 11.5. The summed E-state index contributed by atoms with van der Waals surface area (Å²) in [5.74, 6) is 2.42. The van der Waals surface area contributed by atoms with E-state index in [-0.39, 0.29) is 29.9 Å². The van der Waals surface area contributed by atoms with Crippen molar-refractivity contribution in [3.63, 3.8) is 0 Å². The first-order valence-electron chi connectivity index (χ1n) is 12.4. The molecule has 0 spiro atoms. The Balaban J connectivity index is 1.35. The van der Waals surface area contributed by atoms with Crippen LogP contribution < -0.4 is 10.5 Å². The highest BCUT2D eigenvalue weighted by Gasteiger charge is 2.61. The Morgan fingerprint density at radius 2 is 1.97 bits per heavy atom. The second kappa shape index (κ2) is 8.53. The molecule has 3 atom stereocenters. The summed E-state index contributed by atoms with van der Waals surface area (Å²) in [7, 11) is 0. The maximum Gasteiger partial charge on any atom is 0.417 e. The van der Waals surface area contributed by atoms with Gasteiger partial charge < -0.3 is 20.6 Å². The van der Waals surface area contributed by atoms with Crippen LogP contribution in [-0.4, -0.2) is 46.0 Å². The van der Waals surface area contributed by atoms with Crippen LogP contribution in [0, 0.1) is 46.0 Å². The standard InChI is InChI=1S/C25H31F3N6O2/c1-23(2)18(12-36-19-4-3-17(10-31-19)25(26,27)28)11-34(22(23)32-13-29)20-15-5-14-6-16(20)9-24(7-14,8-15)21(30)33-35/h3-4,10,14-16,18,20,35H,5-9,11-12H2,1-2H3,(H2,30,33). The number of nitrogens with two attached hydrogens (primary N) is 1. The van der Waals surface area contributed by atoms with Gasteiger partial charge >= 0.3 is 6.18 Å². The number of nitrogens with zero attached hydrogens (tertiary/aromatic N) is 5. The molecule has 194 valence electrons. The van der Waals surface area contributed by atoms with Crippen LogP contribution in [0.15, 0.2) is 28.5 Å². The van der Waals surface area contributed by atoms with Crippen LogP contribution in [0.5, 0.6) is 5.88 Å². The monoisotopic (exact) mass is 504 g/mol. The largest absolute Gasteiger partial charge is 0.477 e. The van der Waals surface area contributed by atoms with Crippen molar-refractivity contribution in [2.24, 2.45) is 50.4 Å². The lowest BCUT2D eigenvalue weighted by Gasteiger charge is -2.61. The maximum absolute atomic E-state index is 12.8. The van der Waals surface area contributed by atoms with Crippen molar-refractivity contribution < 1.29 is 23.1 Å². The molecule has 1 aromatic heterocycles. The van der Waals surface area contributed by atoms with Gasteiger partial charge in [0.1, 0.15) is 11.7 Å².